The second-order valence-electron chi connectivity index (χ2n) is 6.21. The van der Waals surface area contributed by atoms with E-state index in [-0.39, 0.29) is 5.91 Å². The van der Waals surface area contributed by atoms with Crippen molar-refractivity contribution in [1.82, 2.24) is 20.0 Å². The van der Waals surface area contributed by atoms with Crippen LogP contribution in [0.4, 0.5) is 5.13 Å². The molecular formula is C21H19N5OS2. The summed E-state index contributed by atoms with van der Waals surface area (Å²) in [6.45, 7) is 2.01. The van der Waals surface area contributed by atoms with E-state index >= 15 is 0 Å². The predicted octanol–water partition coefficient (Wildman–Crippen LogP) is 4.83. The first-order chi connectivity index (χ1) is 14.2. The molecule has 0 spiro atoms. The summed E-state index contributed by atoms with van der Waals surface area (Å²) in [5, 5.41) is 16.0. The molecule has 0 aliphatic carbocycles. The second kappa shape index (κ2) is 9.02. The van der Waals surface area contributed by atoms with Gasteiger partial charge in [0, 0.05) is 5.75 Å². The van der Waals surface area contributed by atoms with Crippen LogP contribution in [0.1, 0.15) is 28.5 Å². The van der Waals surface area contributed by atoms with Crippen LogP contribution in [0, 0.1) is 0 Å². The predicted molar refractivity (Wildman–Crippen MR) is 117 cm³/mol. The Hall–Kier alpha value is -2.97. The molecule has 2 heterocycles. The van der Waals surface area contributed by atoms with Gasteiger partial charge in [0.2, 0.25) is 5.13 Å². The number of aromatic nitrogens is 4. The van der Waals surface area contributed by atoms with Gasteiger partial charge >= 0.3 is 0 Å². The van der Waals surface area contributed by atoms with Crippen molar-refractivity contribution in [2.24, 2.45) is 0 Å². The van der Waals surface area contributed by atoms with Gasteiger partial charge in [0.05, 0.1) is 23.1 Å². The van der Waals surface area contributed by atoms with Crippen molar-refractivity contribution in [3.63, 3.8) is 0 Å². The molecule has 0 bridgehead atoms. The topological polar surface area (TPSA) is 72.7 Å². The zero-order valence-electron chi connectivity index (χ0n) is 15.8. The molecule has 0 aliphatic rings. The number of nitrogens with one attached hydrogen (secondary N) is 1. The lowest BCUT2D eigenvalue weighted by Gasteiger charge is -2.07. The number of carbonyl (C=O) groups excluding carboxylic acids is 1. The molecule has 0 atom stereocenters. The van der Waals surface area contributed by atoms with E-state index in [0.29, 0.717) is 17.1 Å². The van der Waals surface area contributed by atoms with Gasteiger partial charge in [-0.2, -0.15) is 5.10 Å². The van der Waals surface area contributed by atoms with Gasteiger partial charge in [0.25, 0.3) is 5.91 Å². The number of thioether (sulfide) groups is 1. The normalized spacial score (nSPS) is 10.8. The number of anilines is 1. The molecule has 29 heavy (non-hydrogen) atoms. The molecule has 4 aromatic rings. The minimum atomic E-state index is -0.222. The standard InChI is InChI=1S/C21H19N5OS2/c1-2-18-17(13-22-26(18)16-11-7-4-8-12-16)19(27)23-20-24-25-21(29-20)28-14-15-9-5-3-6-10-15/h3-13H,2,14H2,1H3,(H,23,24,27). The van der Waals surface area contributed by atoms with Crippen LogP contribution in [0.2, 0.25) is 0 Å². The van der Waals surface area contributed by atoms with Crippen LogP contribution in [-0.4, -0.2) is 25.9 Å². The molecule has 0 saturated carbocycles. The number of amides is 1. The van der Waals surface area contributed by atoms with E-state index in [1.807, 2.05) is 55.5 Å². The molecule has 0 fully saturated rings. The molecule has 0 radical (unpaired) electrons. The second-order valence-corrected chi connectivity index (χ2v) is 8.41. The number of hydrogen-bond acceptors (Lipinski definition) is 6. The number of hydrogen-bond donors (Lipinski definition) is 1. The third-order valence-corrected chi connectivity index (χ3v) is 6.32. The fourth-order valence-electron chi connectivity index (χ4n) is 2.90. The summed E-state index contributed by atoms with van der Waals surface area (Å²) in [4.78, 5) is 12.8. The summed E-state index contributed by atoms with van der Waals surface area (Å²) in [7, 11) is 0. The van der Waals surface area contributed by atoms with E-state index in [1.165, 1.54) is 16.9 Å². The zero-order valence-corrected chi connectivity index (χ0v) is 17.4. The molecule has 2 aromatic heterocycles. The number of benzene rings is 2. The van der Waals surface area contributed by atoms with Crippen molar-refractivity contribution < 1.29 is 4.79 Å². The lowest BCUT2D eigenvalue weighted by atomic mass is 10.2. The Labute approximate surface area is 177 Å². The fraction of sp³-hybridized carbons (Fsp3) is 0.143. The highest BCUT2D eigenvalue weighted by atomic mass is 32.2. The molecule has 0 saturated heterocycles. The Balaban J connectivity index is 1.45. The first-order valence-electron chi connectivity index (χ1n) is 9.18. The van der Waals surface area contributed by atoms with Crippen LogP contribution in [0.15, 0.2) is 71.2 Å². The van der Waals surface area contributed by atoms with Crippen LogP contribution in [0.5, 0.6) is 0 Å². The number of para-hydroxylation sites is 1. The van der Waals surface area contributed by atoms with Crippen LogP contribution >= 0.6 is 23.1 Å². The van der Waals surface area contributed by atoms with Crippen molar-refractivity contribution in [2.75, 3.05) is 5.32 Å². The maximum atomic E-state index is 12.8. The van der Waals surface area contributed by atoms with Crippen molar-refractivity contribution in [3.8, 4) is 5.69 Å². The van der Waals surface area contributed by atoms with Gasteiger partial charge < -0.3 is 0 Å². The van der Waals surface area contributed by atoms with Gasteiger partial charge in [-0.25, -0.2) is 4.68 Å². The summed E-state index contributed by atoms with van der Waals surface area (Å²) in [6, 6.07) is 20.0. The van der Waals surface area contributed by atoms with E-state index in [9.17, 15) is 4.79 Å². The van der Waals surface area contributed by atoms with E-state index < -0.39 is 0 Å². The quantitative estimate of drug-likeness (QED) is 0.342. The van der Waals surface area contributed by atoms with E-state index in [2.05, 4.69) is 32.7 Å². The van der Waals surface area contributed by atoms with Crippen molar-refractivity contribution in [1.29, 1.82) is 0 Å². The largest absolute Gasteiger partial charge is 0.296 e. The fourth-order valence-corrected chi connectivity index (χ4v) is 4.60. The highest BCUT2D eigenvalue weighted by molar-refractivity contribution is 8.00. The smallest absolute Gasteiger partial charge is 0.260 e. The van der Waals surface area contributed by atoms with Crippen molar-refractivity contribution >= 4 is 34.1 Å². The van der Waals surface area contributed by atoms with Gasteiger partial charge in [-0.15, -0.1) is 10.2 Å². The summed E-state index contributed by atoms with van der Waals surface area (Å²) in [5.41, 5.74) is 3.56. The maximum Gasteiger partial charge on any atom is 0.260 e. The van der Waals surface area contributed by atoms with Gasteiger partial charge in [0.15, 0.2) is 4.34 Å². The molecule has 0 aliphatic heterocycles. The summed E-state index contributed by atoms with van der Waals surface area (Å²) in [6.07, 6.45) is 2.29. The highest BCUT2D eigenvalue weighted by Crippen LogP contribution is 2.28. The van der Waals surface area contributed by atoms with Gasteiger partial charge in [-0.1, -0.05) is 78.6 Å². The molecule has 2 aromatic carbocycles. The Kier molecular flexibility index (Phi) is 6.02. The molecule has 6 nitrogen and oxygen atoms in total. The number of nitrogens with zero attached hydrogens (tertiary/aromatic N) is 4. The van der Waals surface area contributed by atoms with Crippen molar-refractivity contribution in [2.45, 2.75) is 23.4 Å². The average molecular weight is 422 g/mol. The van der Waals surface area contributed by atoms with Crippen LogP contribution in [-0.2, 0) is 12.2 Å². The Morgan fingerprint density at radius 1 is 1.07 bits per heavy atom. The van der Waals surface area contributed by atoms with E-state index in [4.69, 9.17) is 0 Å². The minimum Gasteiger partial charge on any atom is -0.296 e. The third kappa shape index (κ3) is 4.55. The average Bonchev–Trinajstić information content (AvgIpc) is 3.40. The van der Waals surface area contributed by atoms with Crippen molar-refractivity contribution in [3.05, 3.63) is 83.7 Å². The Morgan fingerprint density at radius 2 is 1.79 bits per heavy atom. The lowest BCUT2D eigenvalue weighted by Crippen LogP contribution is -2.14. The van der Waals surface area contributed by atoms with Gasteiger partial charge in [-0.05, 0) is 24.1 Å². The lowest BCUT2D eigenvalue weighted by molar-refractivity contribution is 0.102. The SMILES string of the molecule is CCc1c(C(=O)Nc2nnc(SCc3ccccc3)s2)cnn1-c1ccccc1. The molecule has 146 valence electrons. The highest BCUT2D eigenvalue weighted by Gasteiger charge is 2.18. The molecule has 4 rings (SSSR count). The van der Waals surface area contributed by atoms with Crippen LogP contribution in [0.25, 0.3) is 5.69 Å². The summed E-state index contributed by atoms with van der Waals surface area (Å²) >= 11 is 2.98. The van der Waals surface area contributed by atoms with Gasteiger partial charge in [0.1, 0.15) is 0 Å². The van der Waals surface area contributed by atoms with E-state index in [0.717, 1.165) is 21.5 Å². The van der Waals surface area contributed by atoms with Crippen LogP contribution in [0.3, 0.4) is 0 Å². The monoisotopic (exact) mass is 421 g/mol. The van der Waals surface area contributed by atoms with E-state index in [1.54, 1.807) is 22.6 Å². The summed E-state index contributed by atoms with van der Waals surface area (Å²) < 4.78 is 2.62. The first kappa shape index (κ1) is 19.4. The van der Waals surface area contributed by atoms with Gasteiger partial charge in [-0.3, -0.25) is 10.1 Å². The molecule has 0 unspecified atom stereocenters. The van der Waals surface area contributed by atoms with Crippen LogP contribution < -0.4 is 5.32 Å². The molecule has 1 amide bonds. The Bertz CT molecular complexity index is 1090. The number of carbonyl (C=O) groups is 1. The summed E-state index contributed by atoms with van der Waals surface area (Å²) in [5.74, 6) is 0.590. The number of rotatable bonds is 7. The Morgan fingerprint density at radius 3 is 2.52 bits per heavy atom. The maximum absolute atomic E-state index is 12.8. The third-order valence-electron chi connectivity index (χ3n) is 4.28. The molecular weight excluding hydrogens is 402 g/mol. The minimum absolute atomic E-state index is 0.222. The molecule has 1 N–H and O–H groups in total. The molecule has 8 heteroatoms. The zero-order chi connectivity index (χ0) is 20.1. The first-order valence-corrected chi connectivity index (χ1v) is 11.0.